The van der Waals surface area contributed by atoms with E-state index in [-0.39, 0.29) is 11.1 Å². The molecule has 0 heterocycles. The van der Waals surface area contributed by atoms with Gasteiger partial charge in [0.15, 0.2) is 0 Å². The summed E-state index contributed by atoms with van der Waals surface area (Å²) in [6.45, 7) is 0. The lowest BCUT2D eigenvalue weighted by atomic mass is 10.1. The molecule has 4 heteroatoms. The Kier molecular flexibility index (Phi) is 3.21. The van der Waals surface area contributed by atoms with E-state index < -0.39 is 5.97 Å². The van der Waals surface area contributed by atoms with Gasteiger partial charge in [-0.15, -0.1) is 0 Å². The van der Waals surface area contributed by atoms with Gasteiger partial charge in [0.1, 0.15) is 12.1 Å². The maximum Gasteiger partial charge on any atom is 0.328 e. The van der Waals surface area contributed by atoms with Crippen LogP contribution in [0.3, 0.4) is 0 Å². The molecule has 0 atom stereocenters. The summed E-state index contributed by atoms with van der Waals surface area (Å²) in [5.41, 5.74) is 1.10. The molecule has 0 aromatic heterocycles. The third-order valence-corrected chi connectivity index (χ3v) is 1.70. The molecule has 0 aliphatic heterocycles. The summed E-state index contributed by atoms with van der Waals surface area (Å²) in [6.07, 6.45) is 2.34. The lowest BCUT2D eigenvalue weighted by molar-refractivity contribution is -0.131. The van der Waals surface area contributed by atoms with Crippen molar-refractivity contribution < 1.29 is 9.90 Å². The number of aliphatic carboxylic acids is 1. The average molecular weight is 198 g/mol. The van der Waals surface area contributed by atoms with Crippen LogP contribution in [0.25, 0.3) is 6.08 Å². The van der Waals surface area contributed by atoms with Crippen molar-refractivity contribution in [2.45, 2.75) is 0 Å². The topological polar surface area (TPSA) is 84.9 Å². The summed E-state index contributed by atoms with van der Waals surface area (Å²) in [6, 6.07) is 8.28. The van der Waals surface area contributed by atoms with E-state index in [2.05, 4.69) is 0 Å². The quantitative estimate of drug-likeness (QED) is 0.730. The fourth-order valence-corrected chi connectivity index (χ4v) is 1.02. The van der Waals surface area contributed by atoms with Crippen LogP contribution in [0.4, 0.5) is 0 Å². The fraction of sp³-hybridized carbons (Fsp3) is 0. The molecule has 0 amide bonds. The summed E-state index contributed by atoms with van der Waals surface area (Å²) in [7, 11) is 0. The van der Waals surface area contributed by atoms with Crippen LogP contribution in [0.1, 0.15) is 16.7 Å². The highest BCUT2D eigenvalue weighted by atomic mass is 16.4. The maximum absolute atomic E-state index is 10.2. The van der Waals surface area contributed by atoms with E-state index in [9.17, 15) is 4.79 Å². The molecular formula is C11H6N2O2. The van der Waals surface area contributed by atoms with Crippen LogP contribution >= 0.6 is 0 Å². The zero-order valence-electron chi connectivity index (χ0n) is 7.64. The second kappa shape index (κ2) is 4.59. The molecule has 15 heavy (non-hydrogen) atoms. The Balaban J connectivity index is 3.12. The second-order valence-electron chi connectivity index (χ2n) is 2.70. The van der Waals surface area contributed by atoms with E-state index in [0.717, 1.165) is 6.08 Å². The smallest absolute Gasteiger partial charge is 0.328 e. The van der Waals surface area contributed by atoms with Gasteiger partial charge >= 0.3 is 5.97 Å². The summed E-state index contributed by atoms with van der Waals surface area (Å²) < 4.78 is 0. The third kappa shape index (κ3) is 2.68. The molecule has 1 aromatic rings. The van der Waals surface area contributed by atoms with Crippen LogP contribution in [-0.4, -0.2) is 11.1 Å². The fourth-order valence-electron chi connectivity index (χ4n) is 1.02. The van der Waals surface area contributed by atoms with Gasteiger partial charge < -0.3 is 5.11 Å². The number of hydrogen-bond acceptors (Lipinski definition) is 3. The van der Waals surface area contributed by atoms with Crippen molar-refractivity contribution in [3.8, 4) is 12.1 Å². The highest BCUT2D eigenvalue weighted by Gasteiger charge is 2.00. The SMILES string of the molecule is N#Cc1ccc(C=CC(=O)O)cc1C#N. The highest BCUT2D eigenvalue weighted by molar-refractivity contribution is 5.85. The van der Waals surface area contributed by atoms with Crippen molar-refractivity contribution in [2.75, 3.05) is 0 Å². The molecule has 0 spiro atoms. The molecule has 1 N–H and O–H groups in total. The van der Waals surface area contributed by atoms with Crippen LogP contribution in [0.15, 0.2) is 24.3 Å². The van der Waals surface area contributed by atoms with Gasteiger partial charge in [0, 0.05) is 6.08 Å². The van der Waals surface area contributed by atoms with Crippen LogP contribution in [-0.2, 0) is 4.79 Å². The number of benzene rings is 1. The predicted molar refractivity (Wildman–Crippen MR) is 52.5 cm³/mol. The van der Waals surface area contributed by atoms with E-state index in [1.54, 1.807) is 6.07 Å². The van der Waals surface area contributed by atoms with Crippen LogP contribution in [0.2, 0.25) is 0 Å². The number of nitrogens with zero attached hydrogens (tertiary/aromatic N) is 2. The summed E-state index contributed by atoms with van der Waals surface area (Å²) in [4.78, 5) is 10.2. The monoisotopic (exact) mass is 198 g/mol. The second-order valence-corrected chi connectivity index (χ2v) is 2.70. The zero-order chi connectivity index (χ0) is 11.3. The molecule has 0 aliphatic rings. The number of carbonyl (C=O) groups is 1. The van der Waals surface area contributed by atoms with Gasteiger partial charge in [-0.3, -0.25) is 0 Å². The van der Waals surface area contributed by atoms with Crippen molar-refractivity contribution in [1.29, 1.82) is 10.5 Å². The molecule has 0 aliphatic carbocycles. The number of rotatable bonds is 2. The Morgan fingerprint density at radius 3 is 2.47 bits per heavy atom. The first kappa shape index (κ1) is 10.5. The van der Waals surface area contributed by atoms with E-state index in [4.69, 9.17) is 15.6 Å². The summed E-state index contributed by atoms with van der Waals surface area (Å²) >= 11 is 0. The van der Waals surface area contributed by atoms with Gasteiger partial charge in [-0.1, -0.05) is 6.07 Å². The number of carboxylic acid groups (broad SMARTS) is 1. The minimum atomic E-state index is -1.06. The molecule has 1 aromatic carbocycles. The van der Waals surface area contributed by atoms with E-state index in [1.165, 1.54) is 18.2 Å². The standard InChI is InChI=1S/C11H6N2O2/c12-6-9-3-1-8(2-4-11(14)15)5-10(9)7-13/h1-5H,(H,14,15). The van der Waals surface area contributed by atoms with Gasteiger partial charge in [0.2, 0.25) is 0 Å². The predicted octanol–water partition coefficient (Wildman–Crippen LogP) is 1.53. The van der Waals surface area contributed by atoms with Gasteiger partial charge in [0.25, 0.3) is 0 Å². The van der Waals surface area contributed by atoms with Gasteiger partial charge in [-0.25, -0.2) is 4.79 Å². The molecule has 0 saturated carbocycles. The molecule has 0 radical (unpaired) electrons. The van der Waals surface area contributed by atoms with Crippen molar-refractivity contribution in [3.63, 3.8) is 0 Å². The lowest BCUT2D eigenvalue weighted by Crippen LogP contribution is -1.87. The molecule has 0 bridgehead atoms. The molecule has 1 rings (SSSR count). The average Bonchev–Trinajstić information content (AvgIpc) is 2.25. The van der Waals surface area contributed by atoms with Crippen LogP contribution < -0.4 is 0 Å². The molecule has 0 fully saturated rings. The molecule has 0 unspecified atom stereocenters. The van der Waals surface area contributed by atoms with Crippen molar-refractivity contribution in [3.05, 3.63) is 41.0 Å². The van der Waals surface area contributed by atoms with Gasteiger partial charge in [-0.05, 0) is 23.8 Å². The van der Waals surface area contributed by atoms with Crippen molar-refractivity contribution >= 4 is 12.0 Å². The Morgan fingerprint density at radius 1 is 1.27 bits per heavy atom. The van der Waals surface area contributed by atoms with E-state index in [0.29, 0.717) is 5.56 Å². The summed E-state index contributed by atoms with van der Waals surface area (Å²) in [5, 5.41) is 25.8. The van der Waals surface area contributed by atoms with Gasteiger partial charge in [0.05, 0.1) is 11.1 Å². The Bertz CT molecular complexity index is 504. The Labute approximate surface area is 86.3 Å². The largest absolute Gasteiger partial charge is 0.478 e. The number of nitriles is 2. The Hall–Kier alpha value is -2.59. The van der Waals surface area contributed by atoms with Crippen LogP contribution in [0.5, 0.6) is 0 Å². The first-order chi connectivity index (χ1) is 7.17. The normalized spacial score (nSPS) is 9.47. The molecule has 0 saturated heterocycles. The Morgan fingerprint density at radius 2 is 1.93 bits per heavy atom. The highest BCUT2D eigenvalue weighted by Crippen LogP contribution is 2.11. The molecule has 72 valence electrons. The minimum absolute atomic E-state index is 0.241. The van der Waals surface area contributed by atoms with E-state index >= 15 is 0 Å². The van der Waals surface area contributed by atoms with Crippen molar-refractivity contribution in [1.82, 2.24) is 0 Å². The maximum atomic E-state index is 10.2. The number of carboxylic acids is 1. The van der Waals surface area contributed by atoms with E-state index in [1.807, 2.05) is 12.1 Å². The van der Waals surface area contributed by atoms with Crippen LogP contribution in [0, 0.1) is 22.7 Å². The molecule has 4 nitrogen and oxygen atoms in total. The molecular weight excluding hydrogens is 192 g/mol. The first-order valence-corrected chi connectivity index (χ1v) is 4.02. The number of hydrogen-bond donors (Lipinski definition) is 1. The first-order valence-electron chi connectivity index (χ1n) is 4.02. The zero-order valence-corrected chi connectivity index (χ0v) is 7.64. The lowest BCUT2D eigenvalue weighted by Gasteiger charge is -1.96. The van der Waals surface area contributed by atoms with Gasteiger partial charge in [-0.2, -0.15) is 10.5 Å². The third-order valence-electron chi connectivity index (χ3n) is 1.70. The minimum Gasteiger partial charge on any atom is -0.478 e. The van der Waals surface area contributed by atoms with Crippen molar-refractivity contribution in [2.24, 2.45) is 0 Å². The summed E-state index contributed by atoms with van der Waals surface area (Å²) in [5.74, 6) is -1.06.